The number of rotatable bonds is 7. The standard InChI is InChI=1S/C23H29NO2/c1-19(16-20-6-4-3-5-7-20)17-24-18-23(12-14-26-15-13-23)21-8-10-22(25-2)11-9-21/h3-11,16,24H,12-15,17-18H2,1-2H3/b19-16+. The normalized spacial score (nSPS) is 17.1. The van der Waals surface area contributed by atoms with Gasteiger partial charge in [0.1, 0.15) is 5.75 Å². The second-order valence-electron chi connectivity index (χ2n) is 7.13. The number of ether oxygens (including phenoxy) is 2. The molecule has 138 valence electrons. The lowest BCUT2D eigenvalue weighted by atomic mass is 9.74. The minimum atomic E-state index is 0.136. The zero-order chi connectivity index (χ0) is 18.2. The van der Waals surface area contributed by atoms with Crippen molar-refractivity contribution in [1.82, 2.24) is 5.32 Å². The van der Waals surface area contributed by atoms with Crippen molar-refractivity contribution in [3.05, 3.63) is 71.3 Å². The molecule has 0 spiro atoms. The van der Waals surface area contributed by atoms with Gasteiger partial charge in [0, 0.05) is 31.7 Å². The van der Waals surface area contributed by atoms with Crippen LogP contribution in [0.5, 0.6) is 5.75 Å². The van der Waals surface area contributed by atoms with Crippen molar-refractivity contribution in [2.75, 3.05) is 33.4 Å². The molecule has 3 heteroatoms. The average Bonchev–Trinajstić information content (AvgIpc) is 2.69. The Kier molecular flexibility index (Phi) is 6.48. The summed E-state index contributed by atoms with van der Waals surface area (Å²) in [7, 11) is 1.71. The van der Waals surface area contributed by atoms with Gasteiger partial charge in [0.15, 0.2) is 0 Å². The van der Waals surface area contributed by atoms with Crippen molar-refractivity contribution in [2.45, 2.75) is 25.2 Å². The van der Waals surface area contributed by atoms with Crippen molar-refractivity contribution in [1.29, 1.82) is 0 Å². The Morgan fingerprint density at radius 2 is 1.77 bits per heavy atom. The van der Waals surface area contributed by atoms with Gasteiger partial charge in [-0.25, -0.2) is 0 Å². The highest BCUT2D eigenvalue weighted by Crippen LogP contribution is 2.35. The van der Waals surface area contributed by atoms with Crippen molar-refractivity contribution >= 4 is 6.08 Å². The Hall–Kier alpha value is -2.10. The van der Waals surface area contributed by atoms with Crippen LogP contribution < -0.4 is 10.1 Å². The monoisotopic (exact) mass is 351 g/mol. The third-order valence-electron chi connectivity index (χ3n) is 5.23. The van der Waals surface area contributed by atoms with Gasteiger partial charge in [-0.2, -0.15) is 0 Å². The van der Waals surface area contributed by atoms with Crippen LogP contribution in [-0.4, -0.2) is 33.4 Å². The zero-order valence-corrected chi connectivity index (χ0v) is 15.8. The Balaban J connectivity index is 1.66. The van der Waals surface area contributed by atoms with Crippen molar-refractivity contribution < 1.29 is 9.47 Å². The molecule has 0 unspecified atom stereocenters. The molecule has 26 heavy (non-hydrogen) atoms. The fraction of sp³-hybridized carbons (Fsp3) is 0.391. The second-order valence-corrected chi connectivity index (χ2v) is 7.13. The highest BCUT2D eigenvalue weighted by molar-refractivity contribution is 5.52. The summed E-state index contributed by atoms with van der Waals surface area (Å²) >= 11 is 0. The Bertz CT molecular complexity index is 701. The largest absolute Gasteiger partial charge is 0.497 e. The number of hydrogen-bond donors (Lipinski definition) is 1. The number of hydrogen-bond acceptors (Lipinski definition) is 3. The lowest BCUT2D eigenvalue weighted by molar-refractivity contribution is 0.0502. The lowest BCUT2D eigenvalue weighted by Gasteiger charge is -2.38. The van der Waals surface area contributed by atoms with E-state index >= 15 is 0 Å². The van der Waals surface area contributed by atoms with Crippen LogP contribution >= 0.6 is 0 Å². The van der Waals surface area contributed by atoms with Gasteiger partial charge in [-0.15, -0.1) is 0 Å². The molecule has 1 aliphatic rings. The molecule has 1 fully saturated rings. The first kappa shape index (κ1) is 18.7. The van der Waals surface area contributed by atoms with E-state index in [9.17, 15) is 0 Å². The first-order valence-corrected chi connectivity index (χ1v) is 9.37. The summed E-state index contributed by atoms with van der Waals surface area (Å²) in [5, 5.41) is 3.69. The summed E-state index contributed by atoms with van der Waals surface area (Å²) in [5.41, 5.74) is 4.10. The first-order chi connectivity index (χ1) is 12.7. The van der Waals surface area contributed by atoms with Gasteiger partial charge in [-0.1, -0.05) is 54.1 Å². The van der Waals surface area contributed by atoms with Crippen LogP contribution in [0.3, 0.4) is 0 Å². The molecule has 2 aromatic rings. The second kappa shape index (κ2) is 9.02. The van der Waals surface area contributed by atoms with E-state index in [1.807, 2.05) is 0 Å². The fourth-order valence-corrected chi connectivity index (χ4v) is 3.66. The van der Waals surface area contributed by atoms with Crippen LogP contribution in [0.25, 0.3) is 6.08 Å². The highest BCUT2D eigenvalue weighted by atomic mass is 16.5. The van der Waals surface area contributed by atoms with E-state index in [4.69, 9.17) is 9.47 Å². The predicted molar refractivity (Wildman–Crippen MR) is 108 cm³/mol. The molecule has 3 nitrogen and oxygen atoms in total. The van der Waals surface area contributed by atoms with Gasteiger partial charge in [0.2, 0.25) is 0 Å². The third-order valence-corrected chi connectivity index (χ3v) is 5.23. The van der Waals surface area contributed by atoms with Crippen LogP contribution in [-0.2, 0) is 10.2 Å². The quantitative estimate of drug-likeness (QED) is 0.800. The molecule has 2 aromatic carbocycles. The zero-order valence-electron chi connectivity index (χ0n) is 15.8. The topological polar surface area (TPSA) is 30.5 Å². The van der Waals surface area contributed by atoms with E-state index in [1.54, 1.807) is 7.11 Å². The smallest absolute Gasteiger partial charge is 0.118 e. The minimum absolute atomic E-state index is 0.136. The fourth-order valence-electron chi connectivity index (χ4n) is 3.66. The molecule has 0 bridgehead atoms. The van der Waals surface area contributed by atoms with Crippen LogP contribution in [0.4, 0.5) is 0 Å². The molecular weight excluding hydrogens is 322 g/mol. The number of benzene rings is 2. The predicted octanol–water partition coefficient (Wildman–Crippen LogP) is 4.44. The van der Waals surface area contributed by atoms with E-state index in [2.05, 4.69) is 72.9 Å². The molecule has 3 rings (SSSR count). The van der Waals surface area contributed by atoms with E-state index in [0.717, 1.165) is 44.9 Å². The molecule has 0 amide bonds. The molecule has 0 atom stereocenters. The van der Waals surface area contributed by atoms with Gasteiger partial charge < -0.3 is 14.8 Å². The summed E-state index contributed by atoms with van der Waals surface area (Å²) < 4.78 is 10.9. The van der Waals surface area contributed by atoms with Gasteiger partial charge >= 0.3 is 0 Å². The van der Waals surface area contributed by atoms with Crippen LogP contribution in [0.15, 0.2) is 60.2 Å². The summed E-state index contributed by atoms with van der Waals surface area (Å²) in [6.07, 6.45) is 4.35. The van der Waals surface area contributed by atoms with Crippen molar-refractivity contribution in [3.63, 3.8) is 0 Å². The molecular formula is C23H29NO2. The van der Waals surface area contributed by atoms with E-state index in [0.29, 0.717) is 0 Å². The molecule has 0 aliphatic carbocycles. The average molecular weight is 351 g/mol. The van der Waals surface area contributed by atoms with Gasteiger partial charge in [-0.3, -0.25) is 0 Å². The summed E-state index contributed by atoms with van der Waals surface area (Å²) in [6, 6.07) is 19.0. The Morgan fingerprint density at radius 1 is 1.08 bits per heavy atom. The van der Waals surface area contributed by atoms with Crippen LogP contribution in [0.2, 0.25) is 0 Å². The van der Waals surface area contributed by atoms with Gasteiger partial charge in [-0.05, 0) is 43.0 Å². The number of nitrogens with one attached hydrogen (secondary N) is 1. The highest BCUT2D eigenvalue weighted by Gasteiger charge is 2.34. The van der Waals surface area contributed by atoms with E-state index < -0.39 is 0 Å². The maximum atomic E-state index is 5.63. The number of methoxy groups -OCH3 is 1. The first-order valence-electron chi connectivity index (χ1n) is 9.37. The Morgan fingerprint density at radius 3 is 2.42 bits per heavy atom. The van der Waals surface area contributed by atoms with Gasteiger partial charge in [0.25, 0.3) is 0 Å². The van der Waals surface area contributed by atoms with Crippen molar-refractivity contribution in [3.8, 4) is 5.75 Å². The molecule has 1 heterocycles. The maximum Gasteiger partial charge on any atom is 0.118 e. The summed E-state index contributed by atoms with van der Waals surface area (Å²) in [4.78, 5) is 0. The van der Waals surface area contributed by atoms with Crippen LogP contribution in [0, 0.1) is 0 Å². The lowest BCUT2D eigenvalue weighted by Crippen LogP contribution is -2.43. The molecule has 1 aliphatic heterocycles. The summed E-state index contributed by atoms with van der Waals surface area (Å²) in [5.74, 6) is 0.908. The van der Waals surface area contributed by atoms with E-state index in [1.165, 1.54) is 16.7 Å². The molecule has 1 N–H and O–H groups in total. The molecule has 0 saturated carbocycles. The van der Waals surface area contributed by atoms with E-state index in [-0.39, 0.29) is 5.41 Å². The molecule has 0 aromatic heterocycles. The van der Waals surface area contributed by atoms with Crippen LogP contribution in [0.1, 0.15) is 30.9 Å². The maximum absolute atomic E-state index is 5.63. The summed E-state index contributed by atoms with van der Waals surface area (Å²) in [6.45, 7) is 5.69. The van der Waals surface area contributed by atoms with Gasteiger partial charge in [0.05, 0.1) is 7.11 Å². The third kappa shape index (κ3) is 4.75. The molecule has 0 radical (unpaired) electrons. The minimum Gasteiger partial charge on any atom is -0.497 e. The Labute approximate surface area is 157 Å². The SMILES string of the molecule is COc1ccc(C2(CNC/C(C)=C/c3ccccc3)CCOCC2)cc1. The molecule has 1 saturated heterocycles. The van der Waals surface area contributed by atoms with Crippen molar-refractivity contribution in [2.24, 2.45) is 0 Å².